The minimum atomic E-state index is -0.506. The molecule has 0 fully saturated rings. The molecule has 1 aromatic rings. The van der Waals surface area contributed by atoms with Gasteiger partial charge in [-0.3, -0.25) is 14.9 Å². The van der Waals surface area contributed by atoms with Gasteiger partial charge >= 0.3 is 0 Å². The highest BCUT2D eigenvalue weighted by atomic mass is 16.6. The van der Waals surface area contributed by atoms with E-state index < -0.39 is 4.92 Å². The zero-order valence-corrected chi connectivity index (χ0v) is 9.40. The van der Waals surface area contributed by atoms with Gasteiger partial charge in [-0.05, 0) is 13.0 Å². The summed E-state index contributed by atoms with van der Waals surface area (Å²) in [6.07, 6.45) is 5.48. The first kappa shape index (κ1) is 12.7. The Morgan fingerprint density at radius 1 is 1.59 bits per heavy atom. The van der Waals surface area contributed by atoms with E-state index in [9.17, 15) is 14.9 Å². The Kier molecular flexibility index (Phi) is 4.23. The maximum atomic E-state index is 11.6. The van der Waals surface area contributed by atoms with E-state index in [-0.39, 0.29) is 17.2 Å². The Labute approximate surface area is 99.0 Å². The molecule has 1 amide bonds. The molecule has 0 aromatic heterocycles. The van der Waals surface area contributed by atoms with Crippen LogP contribution in [0.1, 0.15) is 22.3 Å². The fraction of sp³-hybridized carbons (Fsp3) is 0.250. The molecule has 0 atom stereocenters. The van der Waals surface area contributed by atoms with Crippen molar-refractivity contribution in [3.8, 4) is 12.3 Å². The molecule has 0 aliphatic rings. The molecule has 0 spiro atoms. The van der Waals surface area contributed by atoms with Gasteiger partial charge in [0.2, 0.25) is 0 Å². The van der Waals surface area contributed by atoms with Crippen LogP contribution in [0.15, 0.2) is 18.2 Å². The smallest absolute Gasteiger partial charge is 0.273 e. The van der Waals surface area contributed by atoms with Crippen molar-refractivity contribution >= 4 is 11.6 Å². The van der Waals surface area contributed by atoms with E-state index in [1.807, 2.05) is 0 Å². The van der Waals surface area contributed by atoms with Crippen molar-refractivity contribution < 1.29 is 9.72 Å². The van der Waals surface area contributed by atoms with Gasteiger partial charge in [0, 0.05) is 30.2 Å². The number of aryl methyl sites for hydroxylation is 1. The minimum Gasteiger partial charge on any atom is -0.351 e. The molecular weight excluding hydrogens is 220 g/mol. The van der Waals surface area contributed by atoms with Crippen LogP contribution < -0.4 is 5.32 Å². The molecule has 0 radical (unpaired) electrons. The van der Waals surface area contributed by atoms with Crippen LogP contribution in [0.3, 0.4) is 0 Å². The average molecular weight is 232 g/mol. The van der Waals surface area contributed by atoms with Crippen molar-refractivity contribution in [2.24, 2.45) is 0 Å². The van der Waals surface area contributed by atoms with Crippen molar-refractivity contribution in [1.29, 1.82) is 0 Å². The molecule has 17 heavy (non-hydrogen) atoms. The largest absolute Gasteiger partial charge is 0.351 e. The predicted molar refractivity (Wildman–Crippen MR) is 63.6 cm³/mol. The second-order valence-corrected chi connectivity index (χ2v) is 3.47. The molecule has 1 aromatic carbocycles. The van der Waals surface area contributed by atoms with Crippen LogP contribution in [0.4, 0.5) is 5.69 Å². The van der Waals surface area contributed by atoms with Gasteiger partial charge in [0.15, 0.2) is 0 Å². The van der Waals surface area contributed by atoms with E-state index in [0.29, 0.717) is 18.5 Å². The van der Waals surface area contributed by atoms with E-state index >= 15 is 0 Å². The molecule has 0 aliphatic carbocycles. The van der Waals surface area contributed by atoms with E-state index in [1.54, 1.807) is 19.1 Å². The Morgan fingerprint density at radius 3 is 2.88 bits per heavy atom. The number of rotatable bonds is 4. The van der Waals surface area contributed by atoms with Crippen molar-refractivity contribution in [2.45, 2.75) is 13.3 Å². The van der Waals surface area contributed by atoms with Crippen molar-refractivity contribution in [2.75, 3.05) is 6.54 Å². The lowest BCUT2D eigenvalue weighted by molar-refractivity contribution is -0.385. The number of terminal acetylenes is 1. The SMILES string of the molecule is C#CCCNC(=O)c1ccc(C)c([N+](=O)[O-])c1. The number of hydrogen-bond donors (Lipinski definition) is 1. The van der Waals surface area contributed by atoms with E-state index in [2.05, 4.69) is 11.2 Å². The lowest BCUT2D eigenvalue weighted by Gasteiger charge is -2.04. The third-order valence-electron chi connectivity index (χ3n) is 2.22. The maximum absolute atomic E-state index is 11.6. The summed E-state index contributed by atoms with van der Waals surface area (Å²) in [6, 6.07) is 4.36. The van der Waals surface area contributed by atoms with Gasteiger partial charge in [-0.15, -0.1) is 12.3 Å². The van der Waals surface area contributed by atoms with Gasteiger partial charge in [0.05, 0.1) is 4.92 Å². The van der Waals surface area contributed by atoms with Crippen molar-refractivity contribution in [1.82, 2.24) is 5.32 Å². The van der Waals surface area contributed by atoms with Gasteiger partial charge in [0.1, 0.15) is 0 Å². The van der Waals surface area contributed by atoms with Crippen LogP contribution in [0.5, 0.6) is 0 Å². The second-order valence-electron chi connectivity index (χ2n) is 3.47. The monoisotopic (exact) mass is 232 g/mol. The number of nitro groups is 1. The standard InChI is InChI=1S/C12H12N2O3/c1-3-4-7-13-12(15)10-6-5-9(2)11(8-10)14(16)17/h1,5-6,8H,4,7H2,2H3,(H,13,15). The zero-order valence-electron chi connectivity index (χ0n) is 9.40. The summed E-state index contributed by atoms with van der Waals surface area (Å²) in [4.78, 5) is 21.8. The highest BCUT2D eigenvalue weighted by Crippen LogP contribution is 2.19. The normalized spacial score (nSPS) is 9.41. The summed E-state index contributed by atoms with van der Waals surface area (Å²) < 4.78 is 0. The number of nitrogens with one attached hydrogen (secondary N) is 1. The summed E-state index contributed by atoms with van der Waals surface area (Å²) in [5.41, 5.74) is 0.726. The first-order chi connectivity index (χ1) is 8.06. The minimum absolute atomic E-state index is 0.0606. The van der Waals surface area contributed by atoms with Gasteiger partial charge in [-0.25, -0.2) is 0 Å². The number of carbonyl (C=O) groups excluding carboxylic acids is 1. The van der Waals surface area contributed by atoms with Gasteiger partial charge in [-0.2, -0.15) is 0 Å². The van der Waals surface area contributed by atoms with Crippen LogP contribution in [0.2, 0.25) is 0 Å². The molecular formula is C12H12N2O3. The molecule has 0 saturated carbocycles. The Balaban J connectivity index is 2.85. The molecule has 0 saturated heterocycles. The molecule has 0 bridgehead atoms. The summed E-state index contributed by atoms with van der Waals surface area (Å²) >= 11 is 0. The van der Waals surface area contributed by atoms with Gasteiger partial charge in [-0.1, -0.05) is 6.07 Å². The molecule has 0 unspecified atom stereocenters. The quantitative estimate of drug-likeness (QED) is 0.371. The molecule has 5 heteroatoms. The summed E-state index contributed by atoms with van der Waals surface area (Å²) in [7, 11) is 0. The van der Waals surface area contributed by atoms with Crippen LogP contribution in [-0.4, -0.2) is 17.4 Å². The highest BCUT2D eigenvalue weighted by molar-refractivity contribution is 5.94. The van der Waals surface area contributed by atoms with Gasteiger partial charge < -0.3 is 5.32 Å². The molecule has 88 valence electrons. The third-order valence-corrected chi connectivity index (χ3v) is 2.22. The number of carbonyl (C=O) groups is 1. The van der Waals surface area contributed by atoms with Crippen molar-refractivity contribution in [3.63, 3.8) is 0 Å². The third kappa shape index (κ3) is 3.31. The second kappa shape index (κ2) is 5.66. The molecule has 1 rings (SSSR count). The number of hydrogen-bond acceptors (Lipinski definition) is 3. The zero-order chi connectivity index (χ0) is 12.8. The Hall–Kier alpha value is -2.35. The van der Waals surface area contributed by atoms with E-state index in [1.165, 1.54) is 6.07 Å². The Morgan fingerprint density at radius 2 is 2.29 bits per heavy atom. The highest BCUT2D eigenvalue weighted by Gasteiger charge is 2.14. The number of nitrogens with zero attached hydrogens (tertiary/aromatic N) is 1. The average Bonchev–Trinajstić information content (AvgIpc) is 2.29. The summed E-state index contributed by atoms with van der Waals surface area (Å²) in [5.74, 6) is 2.03. The molecule has 1 N–H and O–H groups in total. The van der Waals surface area contributed by atoms with Crippen LogP contribution in [0, 0.1) is 29.4 Å². The molecule has 5 nitrogen and oxygen atoms in total. The topological polar surface area (TPSA) is 72.2 Å². The first-order valence-electron chi connectivity index (χ1n) is 5.03. The van der Waals surface area contributed by atoms with E-state index in [4.69, 9.17) is 6.42 Å². The summed E-state index contributed by atoms with van der Waals surface area (Å²) in [6.45, 7) is 1.98. The number of amides is 1. The molecule has 0 heterocycles. The first-order valence-corrected chi connectivity index (χ1v) is 5.03. The Bertz CT molecular complexity index is 489. The number of benzene rings is 1. The van der Waals surface area contributed by atoms with Crippen LogP contribution >= 0.6 is 0 Å². The van der Waals surface area contributed by atoms with Crippen LogP contribution in [-0.2, 0) is 0 Å². The van der Waals surface area contributed by atoms with Crippen LogP contribution in [0.25, 0.3) is 0 Å². The fourth-order valence-electron chi connectivity index (χ4n) is 1.30. The fourth-order valence-corrected chi connectivity index (χ4v) is 1.30. The number of nitro benzene ring substituents is 1. The van der Waals surface area contributed by atoms with Gasteiger partial charge in [0.25, 0.3) is 11.6 Å². The van der Waals surface area contributed by atoms with E-state index in [0.717, 1.165) is 0 Å². The summed E-state index contributed by atoms with van der Waals surface area (Å²) in [5, 5.41) is 13.3. The molecule has 0 aliphatic heterocycles. The van der Waals surface area contributed by atoms with Crippen molar-refractivity contribution in [3.05, 3.63) is 39.4 Å². The maximum Gasteiger partial charge on any atom is 0.273 e. The lowest BCUT2D eigenvalue weighted by Crippen LogP contribution is -2.24. The lowest BCUT2D eigenvalue weighted by atomic mass is 10.1. The predicted octanol–water partition coefficient (Wildman–Crippen LogP) is 1.66.